The van der Waals surface area contributed by atoms with Crippen molar-refractivity contribution in [2.45, 2.75) is 11.4 Å². The Bertz CT molecular complexity index is 974. The number of hydrogen-bond donors (Lipinski definition) is 0. The second kappa shape index (κ2) is 9.86. The van der Waals surface area contributed by atoms with Gasteiger partial charge in [-0.25, -0.2) is 8.42 Å². The molecule has 168 valence electrons. The lowest BCUT2D eigenvalue weighted by atomic mass is 10.2. The van der Waals surface area contributed by atoms with E-state index in [4.69, 9.17) is 18.9 Å². The summed E-state index contributed by atoms with van der Waals surface area (Å²) in [5.74, 6) is 2.23. The van der Waals surface area contributed by atoms with Crippen molar-refractivity contribution in [3.63, 3.8) is 0 Å². The molecule has 2 aromatic rings. The first-order chi connectivity index (χ1) is 15.0. The lowest BCUT2D eigenvalue weighted by molar-refractivity contribution is 0.0730. The molecule has 2 aliphatic rings. The summed E-state index contributed by atoms with van der Waals surface area (Å²) in [4.78, 5) is 2.43. The van der Waals surface area contributed by atoms with Gasteiger partial charge >= 0.3 is 0 Å². The molecule has 0 aliphatic carbocycles. The van der Waals surface area contributed by atoms with E-state index in [1.807, 2.05) is 25.2 Å². The van der Waals surface area contributed by atoms with Crippen molar-refractivity contribution >= 4 is 10.0 Å². The molecule has 8 nitrogen and oxygen atoms in total. The topological polar surface area (TPSA) is 77.5 Å². The van der Waals surface area contributed by atoms with Gasteiger partial charge in [0.15, 0.2) is 11.5 Å². The van der Waals surface area contributed by atoms with E-state index in [0.717, 1.165) is 30.2 Å². The molecule has 0 amide bonds. The van der Waals surface area contributed by atoms with Crippen molar-refractivity contribution in [1.29, 1.82) is 0 Å². The van der Waals surface area contributed by atoms with Gasteiger partial charge in [0.25, 0.3) is 0 Å². The van der Waals surface area contributed by atoms with Gasteiger partial charge in [-0.3, -0.25) is 4.90 Å². The zero-order valence-electron chi connectivity index (χ0n) is 17.7. The van der Waals surface area contributed by atoms with Crippen molar-refractivity contribution in [2.24, 2.45) is 0 Å². The van der Waals surface area contributed by atoms with E-state index in [2.05, 4.69) is 4.90 Å². The van der Waals surface area contributed by atoms with Gasteiger partial charge in [-0.05, 0) is 49.0 Å². The molecule has 1 saturated heterocycles. The van der Waals surface area contributed by atoms with E-state index in [1.54, 1.807) is 24.3 Å². The van der Waals surface area contributed by atoms with E-state index in [1.165, 1.54) is 4.31 Å². The highest BCUT2D eigenvalue weighted by Crippen LogP contribution is 2.31. The van der Waals surface area contributed by atoms with Gasteiger partial charge in [0, 0.05) is 26.2 Å². The summed E-state index contributed by atoms with van der Waals surface area (Å²) < 4.78 is 49.0. The highest BCUT2D eigenvalue weighted by molar-refractivity contribution is 7.89. The van der Waals surface area contributed by atoms with E-state index < -0.39 is 10.0 Å². The summed E-state index contributed by atoms with van der Waals surface area (Å²) in [6.07, 6.45) is 0. The van der Waals surface area contributed by atoms with E-state index in [9.17, 15) is 8.42 Å². The quantitative estimate of drug-likeness (QED) is 0.611. The molecular weight excluding hydrogens is 420 g/mol. The second-order valence-corrected chi connectivity index (χ2v) is 9.49. The van der Waals surface area contributed by atoms with Crippen molar-refractivity contribution in [3.8, 4) is 17.2 Å². The molecule has 31 heavy (non-hydrogen) atoms. The van der Waals surface area contributed by atoms with Crippen molar-refractivity contribution in [1.82, 2.24) is 9.21 Å². The third-order valence-corrected chi connectivity index (χ3v) is 7.15. The van der Waals surface area contributed by atoms with Crippen LogP contribution in [0.25, 0.3) is 0 Å². The van der Waals surface area contributed by atoms with Crippen LogP contribution in [0.3, 0.4) is 0 Å². The predicted molar refractivity (Wildman–Crippen MR) is 115 cm³/mol. The second-order valence-electron chi connectivity index (χ2n) is 7.55. The lowest BCUT2D eigenvalue weighted by Gasteiger charge is -2.26. The first kappa shape index (κ1) is 21.9. The highest BCUT2D eigenvalue weighted by Gasteiger charge is 2.26. The zero-order chi connectivity index (χ0) is 21.7. The molecule has 0 spiro atoms. The van der Waals surface area contributed by atoms with Crippen molar-refractivity contribution in [2.75, 3.05) is 59.7 Å². The molecule has 0 atom stereocenters. The Balaban J connectivity index is 1.26. The molecular formula is C22H28N2O6S. The van der Waals surface area contributed by atoms with Gasteiger partial charge < -0.3 is 18.9 Å². The summed E-state index contributed by atoms with van der Waals surface area (Å²) in [5, 5.41) is 0. The predicted octanol–water partition coefficient (Wildman–Crippen LogP) is 1.99. The minimum absolute atomic E-state index is 0.275. The lowest BCUT2D eigenvalue weighted by Crippen LogP contribution is -2.40. The van der Waals surface area contributed by atoms with Crippen LogP contribution in [0, 0.1) is 0 Å². The number of sulfonamides is 1. The molecule has 0 aromatic heterocycles. The smallest absolute Gasteiger partial charge is 0.243 e. The molecule has 2 aromatic carbocycles. The molecule has 0 unspecified atom stereocenters. The normalized spacial score (nSPS) is 17.0. The van der Waals surface area contributed by atoms with Crippen LogP contribution in [0.5, 0.6) is 17.2 Å². The SMILES string of the molecule is CN(CCOc1ccc(S(=O)(=O)N2CCOCC2)cc1)Cc1ccc2c(c1)OCCO2. The maximum Gasteiger partial charge on any atom is 0.243 e. The molecule has 1 fully saturated rings. The first-order valence-electron chi connectivity index (χ1n) is 10.4. The summed E-state index contributed by atoms with van der Waals surface area (Å²) in [7, 11) is -1.46. The fourth-order valence-electron chi connectivity index (χ4n) is 3.54. The van der Waals surface area contributed by atoms with Gasteiger partial charge in [0.1, 0.15) is 25.6 Å². The fraction of sp³-hybridized carbons (Fsp3) is 0.455. The van der Waals surface area contributed by atoms with Gasteiger partial charge in [0.2, 0.25) is 10.0 Å². The molecule has 0 bridgehead atoms. The van der Waals surface area contributed by atoms with Crippen LogP contribution in [-0.4, -0.2) is 77.3 Å². The average Bonchev–Trinajstić information content (AvgIpc) is 2.80. The fourth-order valence-corrected chi connectivity index (χ4v) is 4.95. The Morgan fingerprint density at radius 3 is 2.42 bits per heavy atom. The van der Waals surface area contributed by atoms with Crippen LogP contribution >= 0.6 is 0 Å². The van der Waals surface area contributed by atoms with Crippen LogP contribution in [0.15, 0.2) is 47.4 Å². The Kier molecular flexibility index (Phi) is 6.96. The molecule has 0 saturated carbocycles. The van der Waals surface area contributed by atoms with Crippen molar-refractivity contribution in [3.05, 3.63) is 48.0 Å². The number of fused-ring (bicyclic) bond motifs is 1. The molecule has 9 heteroatoms. The number of likely N-dealkylation sites (N-methyl/N-ethyl adjacent to an activating group) is 1. The van der Waals surface area contributed by atoms with E-state index in [0.29, 0.717) is 51.9 Å². The summed E-state index contributed by atoms with van der Waals surface area (Å²) in [5.41, 5.74) is 1.14. The third-order valence-electron chi connectivity index (χ3n) is 5.23. The van der Waals surface area contributed by atoms with E-state index >= 15 is 0 Å². The van der Waals surface area contributed by atoms with Crippen LogP contribution in [0.1, 0.15) is 5.56 Å². The maximum absolute atomic E-state index is 12.7. The van der Waals surface area contributed by atoms with Gasteiger partial charge in [0.05, 0.1) is 18.1 Å². The number of nitrogens with zero attached hydrogens (tertiary/aromatic N) is 2. The Morgan fingerprint density at radius 1 is 0.968 bits per heavy atom. The minimum atomic E-state index is -3.48. The van der Waals surface area contributed by atoms with E-state index in [-0.39, 0.29) is 4.90 Å². The Labute approximate surface area is 183 Å². The zero-order valence-corrected chi connectivity index (χ0v) is 18.5. The molecule has 4 rings (SSSR count). The standard InChI is InChI=1S/C22H28N2O6S/c1-23(17-18-2-7-21-22(16-18)30-15-14-29-21)8-13-28-19-3-5-20(6-4-19)31(25,26)24-9-11-27-12-10-24/h2-7,16H,8-15,17H2,1H3. The maximum atomic E-state index is 12.7. The average molecular weight is 449 g/mol. The minimum Gasteiger partial charge on any atom is -0.492 e. The van der Waals surface area contributed by atoms with Crippen LogP contribution < -0.4 is 14.2 Å². The van der Waals surface area contributed by atoms with Crippen LogP contribution in [-0.2, 0) is 21.3 Å². The highest BCUT2D eigenvalue weighted by atomic mass is 32.2. The number of morpholine rings is 1. The summed E-state index contributed by atoms with van der Waals surface area (Å²) >= 11 is 0. The number of benzene rings is 2. The van der Waals surface area contributed by atoms with Crippen molar-refractivity contribution < 1.29 is 27.4 Å². The summed E-state index contributed by atoms with van der Waals surface area (Å²) in [6, 6.07) is 12.6. The van der Waals surface area contributed by atoms with Gasteiger partial charge in [-0.15, -0.1) is 0 Å². The number of hydrogen-bond acceptors (Lipinski definition) is 7. The first-order valence-corrected chi connectivity index (χ1v) is 11.8. The number of ether oxygens (including phenoxy) is 4. The largest absolute Gasteiger partial charge is 0.492 e. The molecule has 2 heterocycles. The van der Waals surface area contributed by atoms with Crippen LogP contribution in [0.2, 0.25) is 0 Å². The summed E-state index contributed by atoms with van der Waals surface area (Å²) in [6.45, 7) is 4.78. The third kappa shape index (κ3) is 5.48. The molecule has 2 aliphatic heterocycles. The molecule has 0 radical (unpaired) electrons. The van der Waals surface area contributed by atoms with Gasteiger partial charge in [-0.2, -0.15) is 4.31 Å². The van der Waals surface area contributed by atoms with Gasteiger partial charge in [-0.1, -0.05) is 6.07 Å². The molecule has 0 N–H and O–H groups in total. The number of rotatable bonds is 8. The Hall–Kier alpha value is -2.33. The monoisotopic (exact) mass is 448 g/mol. The Morgan fingerprint density at radius 2 is 1.68 bits per heavy atom. The van der Waals surface area contributed by atoms with Crippen LogP contribution in [0.4, 0.5) is 0 Å².